The molecule has 1 aliphatic rings. The molecule has 0 aliphatic carbocycles. The van der Waals surface area contributed by atoms with Crippen LogP contribution in [0, 0.1) is 19.8 Å². The minimum Gasteiger partial charge on any atom is -0.360 e. The summed E-state index contributed by atoms with van der Waals surface area (Å²) in [5, 5.41) is 6.63. The van der Waals surface area contributed by atoms with Crippen molar-refractivity contribution in [2.45, 2.75) is 37.8 Å². The number of nitrogens with zero attached hydrogens (tertiary/aromatic N) is 3. The summed E-state index contributed by atoms with van der Waals surface area (Å²) < 4.78 is 69.7. The Bertz CT molecular complexity index is 964. The van der Waals surface area contributed by atoms with Gasteiger partial charge in [0.25, 0.3) is 0 Å². The second kappa shape index (κ2) is 7.44. The number of rotatable bonds is 4. The second-order valence-corrected chi connectivity index (χ2v) is 9.11. The van der Waals surface area contributed by atoms with E-state index >= 15 is 0 Å². The number of thiazole rings is 1. The first-order valence-electron chi connectivity index (χ1n) is 8.26. The SMILES string of the molecule is Cc1noc(C)c1S(=O)(=O)N1CCCC(C(=O)Nc2nc(C(F)(F)F)cs2)C1. The molecule has 0 spiro atoms. The predicted molar refractivity (Wildman–Crippen MR) is 93.2 cm³/mol. The van der Waals surface area contributed by atoms with E-state index in [-0.39, 0.29) is 34.6 Å². The summed E-state index contributed by atoms with van der Waals surface area (Å²) in [6.45, 7) is 3.14. The van der Waals surface area contributed by atoms with Gasteiger partial charge in [0, 0.05) is 18.5 Å². The van der Waals surface area contributed by atoms with Crippen molar-refractivity contribution in [3.63, 3.8) is 0 Å². The molecule has 3 heterocycles. The lowest BCUT2D eigenvalue weighted by Crippen LogP contribution is -2.43. The summed E-state index contributed by atoms with van der Waals surface area (Å²) in [6.07, 6.45) is -3.74. The van der Waals surface area contributed by atoms with E-state index in [2.05, 4.69) is 15.5 Å². The Morgan fingerprint density at radius 1 is 1.39 bits per heavy atom. The van der Waals surface area contributed by atoms with Crippen molar-refractivity contribution in [2.24, 2.45) is 5.92 Å². The van der Waals surface area contributed by atoms with E-state index in [1.165, 1.54) is 18.2 Å². The van der Waals surface area contributed by atoms with Gasteiger partial charge in [0.2, 0.25) is 15.9 Å². The van der Waals surface area contributed by atoms with Crippen molar-refractivity contribution < 1.29 is 30.9 Å². The van der Waals surface area contributed by atoms with Gasteiger partial charge in [-0.1, -0.05) is 5.16 Å². The summed E-state index contributed by atoms with van der Waals surface area (Å²) in [4.78, 5) is 15.8. The molecule has 28 heavy (non-hydrogen) atoms. The second-order valence-electron chi connectivity index (χ2n) is 6.38. The van der Waals surface area contributed by atoms with Gasteiger partial charge < -0.3 is 9.84 Å². The van der Waals surface area contributed by atoms with Crippen LogP contribution in [-0.4, -0.2) is 41.9 Å². The van der Waals surface area contributed by atoms with Crippen molar-refractivity contribution in [3.8, 4) is 0 Å². The number of aryl methyl sites for hydroxylation is 2. The number of sulfonamides is 1. The fourth-order valence-corrected chi connectivity index (χ4v) is 5.55. The molecular formula is C15H17F3N4O4S2. The Labute approximate surface area is 162 Å². The molecule has 2 aromatic heterocycles. The zero-order chi connectivity index (χ0) is 20.7. The molecule has 0 bridgehead atoms. The van der Waals surface area contributed by atoms with E-state index < -0.39 is 33.7 Å². The monoisotopic (exact) mass is 438 g/mol. The summed E-state index contributed by atoms with van der Waals surface area (Å²) in [7, 11) is -3.90. The highest BCUT2D eigenvalue weighted by molar-refractivity contribution is 7.89. The normalized spacial score (nSPS) is 19.0. The molecule has 1 unspecified atom stereocenters. The Balaban J connectivity index is 1.72. The van der Waals surface area contributed by atoms with E-state index in [1.807, 2.05) is 0 Å². The molecule has 0 radical (unpaired) electrons. The highest BCUT2D eigenvalue weighted by atomic mass is 32.2. The van der Waals surface area contributed by atoms with Crippen molar-refractivity contribution in [1.29, 1.82) is 0 Å². The third-order valence-corrected chi connectivity index (χ3v) is 7.21. The fraction of sp³-hybridized carbons (Fsp3) is 0.533. The average Bonchev–Trinajstić information content (AvgIpc) is 3.21. The van der Waals surface area contributed by atoms with Crippen molar-refractivity contribution in [1.82, 2.24) is 14.4 Å². The highest BCUT2D eigenvalue weighted by Crippen LogP contribution is 2.32. The van der Waals surface area contributed by atoms with Gasteiger partial charge in [0.05, 0.1) is 5.92 Å². The number of hydrogen-bond acceptors (Lipinski definition) is 7. The van der Waals surface area contributed by atoms with E-state index in [9.17, 15) is 26.4 Å². The van der Waals surface area contributed by atoms with Crippen LogP contribution in [0.2, 0.25) is 0 Å². The van der Waals surface area contributed by atoms with Gasteiger partial charge in [0.1, 0.15) is 10.6 Å². The van der Waals surface area contributed by atoms with Crippen LogP contribution in [0.4, 0.5) is 18.3 Å². The number of aromatic nitrogens is 2. The molecule has 1 saturated heterocycles. The molecule has 13 heteroatoms. The third kappa shape index (κ3) is 4.05. The molecular weight excluding hydrogens is 421 g/mol. The first-order chi connectivity index (χ1) is 13.0. The largest absolute Gasteiger partial charge is 0.434 e. The predicted octanol–water partition coefficient (Wildman–Crippen LogP) is 2.81. The Kier molecular flexibility index (Phi) is 5.51. The molecule has 8 nitrogen and oxygen atoms in total. The fourth-order valence-electron chi connectivity index (χ4n) is 3.02. The van der Waals surface area contributed by atoms with Gasteiger partial charge in [-0.25, -0.2) is 13.4 Å². The van der Waals surface area contributed by atoms with Crippen LogP contribution in [0.5, 0.6) is 0 Å². The molecule has 0 saturated carbocycles. The number of nitrogens with one attached hydrogen (secondary N) is 1. The lowest BCUT2D eigenvalue weighted by Gasteiger charge is -2.30. The van der Waals surface area contributed by atoms with Crippen LogP contribution >= 0.6 is 11.3 Å². The summed E-state index contributed by atoms with van der Waals surface area (Å²) in [5.41, 5.74) is -0.856. The van der Waals surface area contributed by atoms with Gasteiger partial charge in [-0.15, -0.1) is 11.3 Å². The zero-order valence-corrected chi connectivity index (χ0v) is 16.5. The Morgan fingerprint density at radius 3 is 2.68 bits per heavy atom. The molecule has 1 amide bonds. The lowest BCUT2D eigenvalue weighted by molar-refractivity contribution is -0.140. The number of piperidine rings is 1. The maximum absolute atomic E-state index is 12.9. The topological polar surface area (TPSA) is 105 Å². The summed E-state index contributed by atoms with van der Waals surface area (Å²) >= 11 is 0.661. The van der Waals surface area contributed by atoms with Gasteiger partial charge in [-0.2, -0.15) is 17.5 Å². The molecule has 2 aromatic rings. The van der Waals surface area contributed by atoms with E-state index in [0.29, 0.717) is 24.2 Å². The maximum Gasteiger partial charge on any atom is 0.434 e. The molecule has 154 valence electrons. The quantitative estimate of drug-likeness (QED) is 0.787. The molecule has 1 atom stereocenters. The van der Waals surface area contributed by atoms with Crippen LogP contribution in [-0.2, 0) is 21.0 Å². The van der Waals surface area contributed by atoms with Gasteiger partial charge in [-0.05, 0) is 26.7 Å². The first kappa shape index (κ1) is 20.7. The number of amides is 1. The van der Waals surface area contributed by atoms with Crippen molar-refractivity contribution in [3.05, 3.63) is 22.5 Å². The van der Waals surface area contributed by atoms with Crippen LogP contribution in [0.25, 0.3) is 0 Å². The van der Waals surface area contributed by atoms with Crippen LogP contribution in [0.3, 0.4) is 0 Å². The van der Waals surface area contributed by atoms with Crippen molar-refractivity contribution in [2.75, 3.05) is 18.4 Å². The average molecular weight is 438 g/mol. The van der Waals surface area contributed by atoms with Crippen molar-refractivity contribution >= 4 is 32.4 Å². The minimum absolute atomic E-state index is 0.0247. The number of carbonyl (C=O) groups excluding carboxylic acids is 1. The lowest BCUT2D eigenvalue weighted by atomic mass is 9.99. The number of halogens is 3. The van der Waals surface area contributed by atoms with Gasteiger partial charge in [-0.3, -0.25) is 4.79 Å². The molecule has 1 aliphatic heterocycles. The van der Waals surface area contributed by atoms with Gasteiger partial charge in [0.15, 0.2) is 16.6 Å². The van der Waals surface area contributed by atoms with E-state index in [1.54, 1.807) is 0 Å². The van der Waals surface area contributed by atoms with E-state index in [0.717, 1.165) is 5.38 Å². The minimum atomic E-state index is -4.59. The molecule has 1 fully saturated rings. The van der Waals surface area contributed by atoms with Gasteiger partial charge >= 0.3 is 6.18 Å². The maximum atomic E-state index is 12.9. The number of anilines is 1. The molecule has 1 N–H and O–H groups in total. The van der Waals surface area contributed by atoms with Crippen LogP contribution in [0.15, 0.2) is 14.8 Å². The van der Waals surface area contributed by atoms with Crippen LogP contribution < -0.4 is 5.32 Å². The highest BCUT2D eigenvalue weighted by Gasteiger charge is 2.37. The summed E-state index contributed by atoms with van der Waals surface area (Å²) in [5.74, 6) is -1.12. The zero-order valence-electron chi connectivity index (χ0n) is 14.9. The van der Waals surface area contributed by atoms with Crippen LogP contribution in [0.1, 0.15) is 30.0 Å². The van der Waals surface area contributed by atoms with E-state index in [4.69, 9.17) is 4.52 Å². The molecule has 0 aromatic carbocycles. The Hall–Kier alpha value is -1.99. The number of alkyl halides is 3. The summed E-state index contributed by atoms with van der Waals surface area (Å²) in [6, 6.07) is 0. The molecule has 3 rings (SSSR count). The number of carbonyl (C=O) groups is 1. The smallest absolute Gasteiger partial charge is 0.360 e. The Morgan fingerprint density at radius 2 is 2.11 bits per heavy atom. The standard InChI is InChI=1S/C15H17F3N4O4S2/c1-8-12(9(2)26-21-8)28(24,25)22-5-3-4-10(6-22)13(23)20-14-19-11(7-27-14)15(16,17)18/h7,10H,3-6H2,1-2H3,(H,19,20,23). The third-order valence-electron chi connectivity index (χ3n) is 4.35. The number of hydrogen-bond donors (Lipinski definition) is 1. The first-order valence-corrected chi connectivity index (χ1v) is 10.6.